The Morgan fingerprint density at radius 1 is 1.55 bits per heavy atom. The van der Waals surface area contributed by atoms with Gasteiger partial charge in [-0.15, -0.1) is 0 Å². The summed E-state index contributed by atoms with van der Waals surface area (Å²) in [5.74, 6) is 0. The summed E-state index contributed by atoms with van der Waals surface area (Å²) >= 11 is 0. The molecule has 0 aliphatic heterocycles. The minimum atomic E-state index is 0.211. The van der Waals surface area contributed by atoms with E-state index >= 15 is 0 Å². The first-order valence-corrected chi connectivity index (χ1v) is 4.05. The molecule has 1 aliphatic carbocycles. The molecule has 3 heteroatoms. The molecular formula is C8H12N2O. The number of hydrogen-bond acceptors (Lipinski definition) is 2. The van der Waals surface area contributed by atoms with Crippen LogP contribution in [0.1, 0.15) is 17.8 Å². The zero-order valence-corrected chi connectivity index (χ0v) is 6.45. The normalized spacial score (nSPS) is 15.4. The SMILES string of the molecule is OCCn1cnc2c1CCC2. The van der Waals surface area contributed by atoms with Gasteiger partial charge in [-0.3, -0.25) is 0 Å². The van der Waals surface area contributed by atoms with Gasteiger partial charge in [0.1, 0.15) is 0 Å². The van der Waals surface area contributed by atoms with Crippen LogP contribution in [0.25, 0.3) is 0 Å². The Balaban J connectivity index is 2.27. The fourth-order valence-corrected chi connectivity index (χ4v) is 1.67. The van der Waals surface area contributed by atoms with E-state index in [0.29, 0.717) is 6.54 Å². The van der Waals surface area contributed by atoms with E-state index in [2.05, 4.69) is 9.55 Å². The van der Waals surface area contributed by atoms with Crippen molar-refractivity contribution in [3.63, 3.8) is 0 Å². The molecule has 0 atom stereocenters. The third-order valence-electron chi connectivity index (χ3n) is 2.20. The van der Waals surface area contributed by atoms with Crippen LogP contribution in [0.4, 0.5) is 0 Å². The first-order chi connectivity index (χ1) is 5.42. The molecule has 0 fully saturated rings. The average molecular weight is 152 g/mol. The maximum atomic E-state index is 8.72. The van der Waals surface area contributed by atoms with Crippen molar-refractivity contribution < 1.29 is 5.11 Å². The van der Waals surface area contributed by atoms with Crippen molar-refractivity contribution in [2.24, 2.45) is 0 Å². The van der Waals surface area contributed by atoms with Gasteiger partial charge < -0.3 is 9.67 Å². The summed E-state index contributed by atoms with van der Waals surface area (Å²) in [6.45, 7) is 0.908. The van der Waals surface area contributed by atoms with Gasteiger partial charge in [-0.25, -0.2) is 4.98 Å². The number of aliphatic hydroxyl groups is 1. The molecule has 0 unspecified atom stereocenters. The monoisotopic (exact) mass is 152 g/mol. The van der Waals surface area contributed by atoms with Crippen LogP contribution in [0.3, 0.4) is 0 Å². The van der Waals surface area contributed by atoms with Gasteiger partial charge in [-0.2, -0.15) is 0 Å². The Morgan fingerprint density at radius 3 is 3.27 bits per heavy atom. The Labute approximate surface area is 65.7 Å². The Bertz CT molecular complexity index is 255. The number of aliphatic hydroxyl groups excluding tert-OH is 1. The van der Waals surface area contributed by atoms with E-state index in [9.17, 15) is 0 Å². The smallest absolute Gasteiger partial charge is 0.0952 e. The van der Waals surface area contributed by atoms with E-state index in [1.165, 1.54) is 17.8 Å². The van der Waals surface area contributed by atoms with E-state index in [0.717, 1.165) is 12.8 Å². The minimum Gasteiger partial charge on any atom is -0.395 e. The van der Waals surface area contributed by atoms with E-state index in [1.54, 1.807) is 0 Å². The second kappa shape index (κ2) is 2.66. The summed E-state index contributed by atoms with van der Waals surface area (Å²) < 4.78 is 2.06. The summed E-state index contributed by atoms with van der Waals surface area (Å²) in [6.07, 6.45) is 5.31. The molecule has 0 amide bonds. The second-order valence-corrected chi connectivity index (χ2v) is 2.91. The van der Waals surface area contributed by atoms with Crippen molar-refractivity contribution >= 4 is 0 Å². The van der Waals surface area contributed by atoms with Gasteiger partial charge >= 0.3 is 0 Å². The summed E-state index contributed by atoms with van der Waals surface area (Å²) in [7, 11) is 0. The van der Waals surface area contributed by atoms with Gasteiger partial charge in [0.05, 0.1) is 18.6 Å². The van der Waals surface area contributed by atoms with Gasteiger partial charge in [0.15, 0.2) is 0 Å². The standard InChI is InChI=1S/C8H12N2O/c11-5-4-10-6-9-7-2-1-3-8(7)10/h6,11H,1-5H2. The van der Waals surface area contributed by atoms with Gasteiger partial charge in [-0.05, 0) is 19.3 Å². The Morgan fingerprint density at radius 2 is 2.45 bits per heavy atom. The summed E-state index contributed by atoms with van der Waals surface area (Å²) in [4.78, 5) is 4.27. The molecule has 1 N–H and O–H groups in total. The molecule has 1 heterocycles. The topological polar surface area (TPSA) is 38.0 Å². The maximum Gasteiger partial charge on any atom is 0.0952 e. The number of rotatable bonds is 2. The Kier molecular flexibility index (Phi) is 1.66. The second-order valence-electron chi connectivity index (χ2n) is 2.91. The highest BCUT2D eigenvalue weighted by molar-refractivity contribution is 5.18. The predicted octanol–water partition coefficient (Wildman–Crippen LogP) is 0.364. The molecule has 2 rings (SSSR count). The fraction of sp³-hybridized carbons (Fsp3) is 0.625. The summed E-state index contributed by atoms with van der Waals surface area (Å²) in [5.41, 5.74) is 2.57. The highest BCUT2D eigenvalue weighted by Gasteiger charge is 2.15. The van der Waals surface area contributed by atoms with Crippen LogP contribution >= 0.6 is 0 Å². The summed E-state index contributed by atoms with van der Waals surface area (Å²) in [6, 6.07) is 0. The van der Waals surface area contributed by atoms with Crippen LogP contribution in [-0.4, -0.2) is 21.3 Å². The number of aromatic nitrogens is 2. The van der Waals surface area contributed by atoms with Gasteiger partial charge in [0.25, 0.3) is 0 Å². The number of hydrogen-bond donors (Lipinski definition) is 1. The number of nitrogens with zero attached hydrogens (tertiary/aromatic N) is 2. The molecule has 0 saturated heterocycles. The average Bonchev–Trinajstić information content (AvgIpc) is 2.53. The molecule has 1 aromatic rings. The Hall–Kier alpha value is -0.830. The van der Waals surface area contributed by atoms with Crippen LogP contribution in [0.5, 0.6) is 0 Å². The zero-order valence-electron chi connectivity index (χ0n) is 6.45. The van der Waals surface area contributed by atoms with Gasteiger partial charge in [0.2, 0.25) is 0 Å². The van der Waals surface area contributed by atoms with E-state index < -0.39 is 0 Å². The molecule has 0 bridgehead atoms. The van der Waals surface area contributed by atoms with Crippen LogP contribution in [-0.2, 0) is 19.4 Å². The highest BCUT2D eigenvalue weighted by Crippen LogP contribution is 2.19. The first kappa shape index (κ1) is 6.85. The lowest BCUT2D eigenvalue weighted by Gasteiger charge is -2.01. The lowest BCUT2D eigenvalue weighted by Crippen LogP contribution is -2.03. The molecule has 0 saturated carbocycles. The largest absolute Gasteiger partial charge is 0.395 e. The first-order valence-electron chi connectivity index (χ1n) is 4.05. The number of aryl methyl sites for hydroxylation is 1. The molecule has 1 aromatic heterocycles. The highest BCUT2D eigenvalue weighted by atomic mass is 16.3. The molecular weight excluding hydrogens is 140 g/mol. The fourth-order valence-electron chi connectivity index (χ4n) is 1.67. The van der Waals surface area contributed by atoms with Crippen molar-refractivity contribution in [3.8, 4) is 0 Å². The lowest BCUT2D eigenvalue weighted by molar-refractivity contribution is 0.274. The summed E-state index contributed by atoms with van der Waals surface area (Å²) in [5, 5.41) is 8.72. The number of fused-ring (bicyclic) bond motifs is 1. The van der Waals surface area contributed by atoms with Crippen molar-refractivity contribution in [1.29, 1.82) is 0 Å². The molecule has 0 aromatic carbocycles. The van der Waals surface area contributed by atoms with E-state index in [1.807, 2.05) is 6.33 Å². The maximum absolute atomic E-state index is 8.72. The predicted molar refractivity (Wildman–Crippen MR) is 41.3 cm³/mol. The molecule has 60 valence electrons. The molecule has 11 heavy (non-hydrogen) atoms. The molecule has 1 aliphatic rings. The molecule has 0 spiro atoms. The van der Waals surface area contributed by atoms with Crippen molar-refractivity contribution in [1.82, 2.24) is 9.55 Å². The molecule has 3 nitrogen and oxygen atoms in total. The van der Waals surface area contributed by atoms with Crippen LogP contribution < -0.4 is 0 Å². The van der Waals surface area contributed by atoms with Crippen LogP contribution in [0.2, 0.25) is 0 Å². The zero-order chi connectivity index (χ0) is 7.68. The van der Waals surface area contributed by atoms with Crippen molar-refractivity contribution in [2.75, 3.05) is 6.61 Å². The third-order valence-corrected chi connectivity index (χ3v) is 2.20. The van der Waals surface area contributed by atoms with Crippen molar-refractivity contribution in [2.45, 2.75) is 25.8 Å². The third kappa shape index (κ3) is 1.05. The number of imidazole rings is 1. The van der Waals surface area contributed by atoms with Crippen molar-refractivity contribution in [3.05, 3.63) is 17.7 Å². The van der Waals surface area contributed by atoms with E-state index in [4.69, 9.17) is 5.11 Å². The van der Waals surface area contributed by atoms with Gasteiger partial charge in [0, 0.05) is 12.2 Å². The molecule has 0 radical (unpaired) electrons. The van der Waals surface area contributed by atoms with Crippen LogP contribution in [0.15, 0.2) is 6.33 Å². The lowest BCUT2D eigenvalue weighted by atomic mass is 10.3. The quantitative estimate of drug-likeness (QED) is 0.664. The van der Waals surface area contributed by atoms with Gasteiger partial charge in [-0.1, -0.05) is 0 Å². The minimum absolute atomic E-state index is 0.211. The van der Waals surface area contributed by atoms with E-state index in [-0.39, 0.29) is 6.61 Å². The van der Waals surface area contributed by atoms with Crippen LogP contribution in [0, 0.1) is 0 Å².